The van der Waals surface area contributed by atoms with Crippen LogP contribution in [0, 0.1) is 0 Å². The van der Waals surface area contributed by atoms with E-state index in [1.54, 1.807) is 12.1 Å². The lowest BCUT2D eigenvalue weighted by Gasteiger charge is -2.20. The molecule has 170 valence electrons. The lowest BCUT2D eigenvalue weighted by atomic mass is 10.1. The van der Waals surface area contributed by atoms with Gasteiger partial charge < -0.3 is 25.8 Å². The number of fused-ring (bicyclic) bond motifs is 2. The van der Waals surface area contributed by atoms with Crippen LogP contribution in [0.2, 0.25) is 5.02 Å². The number of hydrogen-bond acceptors (Lipinski definition) is 6. The van der Waals surface area contributed by atoms with Crippen LogP contribution in [-0.4, -0.2) is 65.4 Å². The van der Waals surface area contributed by atoms with Gasteiger partial charge in [0.15, 0.2) is 5.01 Å². The van der Waals surface area contributed by atoms with Crippen molar-refractivity contribution in [2.24, 2.45) is 0 Å². The van der Waals surface area contributed by atoms with E-state index in [0.29, 0.717) is 28.8 Å². The molecule has 4 heterocycles. The van der Waals surface area contributed by atoms with Crippen LogP contribution in [0.5, 0.6) is 0 Å². The molecule has 1 fully saturated rings. The number of rotatable bonds is 4. The molecule has 0 spiro atoms. The summed E-state index contributed by atoms with van der Waals surface area (Å²) in [5, 5.41) is 11.3. The van der Waals surface area contributed by atoms with Gasteiger partial charge in [-0.1, -0.05) is 11.6 Å². The molecule has 0 saturated carbocycles. The zero-order valence-electron chi connectivity index (χ0n) is 17.4. The van der Waals surface area contributed by atoms with Gasteiger partial charge in [-0.05, 0) is 31.3 Å². The lowest BCUT2D eigenvalue weighted by molar-refractivity contribution is 0.0894. The monoisotopic (exact) mass is 494 g/mol. The van der Waals surface area contributed by atoms with Crippen LogP contribution in [-0.2, 0) is 13.0 Å². The number of carbonyl (C=O) groups excluding carboxylic acids is 2. The Morgan fingerprint density at radius 2 is 1.94 bits per heavy atom. The summed E-state index contributed by atoms with van der Waals surface area (Å²) in [6, 6.07) is 6.80. The molecular weight excluding hydrogens is 471 g/mol. The Bertz CT molecular complexity index is 1160. The molecule has 11 heteroatoms. The maximum Gasteiger partial charge on any atom is 0.280 e. The van der Waals surface area contributed by atoms with E-state index in [2.05, 4.69) is 37.9 Å². The van der Waals surface area contributed by atoms with Crippen LogP contribution in [0.4, 0.5) is 0 Å². The molecule has 1 saturated heterocycles. The highest BCUT2D eigenvalue weighted by molar-refractivity contribution is 7.13. The molecule has 2 atom stereocenters. The fourth-order valence-electron chi connectivity index (χ4n) is 4.10. The topological polar surface area (TPSA) is 102 Å². The van der Waals surface area contributed by atoms with Crippen LogP contribution in [0.3, 0.4) is 0 Å². The number of aromatic amines is 1. The Morgan fingerprint density at radius 3 is 2.72 bits per heavy atom. The fourth-order valence-corrected chi connectivity index (χ4v) is 5.38. The summed E-state index contributed by atoms with van der Waals surface area (Å²) in [6.45, 7) is 2.97. The summed E-state index contributed by atoms with van der Waals surface area (Å²) < 4.78 is 0. The number of carbonyl (C=O) groups is 2. The third kappa shape index (κ3) is 4.62. The van der Waals surface area contributed by atoms with Gasteiger partial charge in [0.2, 0.25) is 0 Å². The highest BCUT2D eigenvalue weighted by atomic mass is 35.5. The van der Waals surface area contributed by atoms with Crippen molar-refractivity contribution in [2.75, 3.05) is 26.7 Å². The number of H-pyrrole nitrogens is 1. The first-order valence-corrected chi connectivity index (χ1v) is 11.4. The molecule has 5 rings (SSSR count). The second-order valence-electron chi connectivity index (χ2n) is 8.11. The van der Waals surface area contributed by atoms with Crippen molar-refractivity contribution in [3.63, 3.8) is 0 Å². The van der Waals surface area contributed by atoms with Gasteiger partial charge in [0.25, 0.3) is 11.8 Å². The van der Waals surface area contributed by atoms with Crippen molar-refractivity contribution in [1.29, 1.82) is 0 Å². The Kier molecular flexibility index (Phi) is 6.73. The summed E-state index contributed by atoms with van der Waals surface area (Å²) in [5.41, 5.74) is 2.34. The summed E-state index contributed by atoms with van der Waals surface area (Å²) in [5.74, 6) is -0.400. The molecule has 32 heavy (non-hydrogen) atoms. The van der Waals surface area contributed by atoms with E-state index in [1.165, 1.54) is 11.3 Å². The van der Waals surface area contributed by atoms with Gasteiger partial charge in [-0.15, -0.1) is 23.7 Å². The number of nitrogens with zero attached hydrogens (tertiary/aromatic N) is 2. The summed E-state index contributed by atoms with van der Waals surface area (Å²) >= 11 is 7.49. The van der Waals surface area contributed by atoms with Crippen molar-refractivity contribution < 1.29 is 9.59 Å². The van der Waals surface area contributed by atoms with Crippen LogP contribution in [0.15, 0.2) is 24.3 Å². The van der Waals surface area contributed by atoms with Gasteiger partial charge in [0, 0.05) is 53.4 Å². The zero-order valence-corrected chi connectivity index (χ0v) is 19.8. The first-order valence-electron chi connectivity index (χ1n) is 10.2. The largest absolute Gasteiger partial charge is 0.351 e. The summed E-state index contributed by atoms with van der Waals surface area (Å²) in [7, 11) is 2.07. The normalized spacial score (nSPS) is 20.6. The predicted octanol–water partition coefficient (Wildman–Crippen LogP) is 2.19. The number of nitrogens with one attached hydrogen (secondary N) is 4. The standard InChI is InChI=1S/C21H23ClN6O2S.ClH/c1-28-5-4-14-18(10-28)31-21(27-14)20(30)26-17-9-23-8-16(17)25-19(29)15-7-11-6-12(22)2-3-13(11)24-15;/h2-3,6-7,16-17,23-24H,4-5,8-10H2,1H3,(H,25,29)(H,26,30);1H/t16-,17-;/m1./s1. The lowest BCUT2D eigenvalue weighted by Crippen LogP contribution is -2.51. The van der Waals surface area contributed by atoms with Gasteiger partial charge in [-0.2, -0.15) is 0 Å². The molecule has 8 nitrogen and oxygen atoms in total. The molecule has 2 amide bonds. The van der Waals surface area contributed by atoms with Crippen LogP contribution >= 0.6 is 35.3 Å². The van der Waals surface area contributed by atoms with Crippen molar-refractivity contribution in [3.8, 4) is 0 Å². The minimum Gasteiger partial charge on any atom is -0.351 e. The number of benzene rings is 1. The van der Waals surface area contributed by atoms with Gasteiger partial charge >= 0.3 is 0 Å². The van der Waals surface area contributed by atoms with E-state index in [4.69, 9.17) is 11.6 Å². The van der Waals surface area contributed by atoms with Gasteiger partial charge in [0.1, 0.15) is 5.69 Å². The van der Waals surface area contributed by atoms with Gasteiger partial charge in [0.05, 0.1) is 17.8 Å². The quantitative estimate of drug-likeness (QED) is 0.445. The summed E-state index contributed by atoms with van der Waals surface area (Å²) in [6.07, 6.45) is 0.870. The Labute approximate surface area is 200 Å². The molecule has 3 aromatic rings. The number of halogens is 2. The molecule has 2 aliphatic heterocycles. The Morgan fingerprint density at radius 1 is 1.19 bits per heavy atom. The average molecular weight is 495 g/mol. The van der Waals surface area contributed by atoms with Crippen molar-refractivity contribution in [1.82, 2.24) is 30.8 Å². The Hall–Kier alpha value is -2.17. The average Bonchev–Trinajstić information content (AvgIpc) is 3.45. The first kappa shape index (κ1) is 23.0. The molecule has 0 unspecified atom stereocenters. The molecule has 1 aromatic carbocycles. The first-order chi connectivity index (χ1) is 15.0. The summed E-state index contributed by atoms with van der Waals surface area (Å²) in [4.78, 5) is 36.7. The van der Waals surface area contributed by atoms with Crippen LogP contribution in [0.25, 0.3) is 10.9 Å². The van der Waals surface area contributed by atoms with Crippen LogP contribution < -0.4 is 16.0 Å². The van der Waals surface area contributed by atoms with Crippen molar-refractivity contribution >= 4 is 58.1 Å². The van der Waals surface area contributed by atoms with Crippen molar-refractivity contribution in [3.05, 3.63) is 50.6 Å². The third-order valence-corrected chi connectivity index (χ3v) is 7.11. The highest BCUT2D eigenvalue weighted by Gasteiger charge is 2.31. The van der Waals surface area contributed by atoms with Crippen LogP contribution in [0.1, 0.15) is 30.9 Å². The second kappa shape index (κ2) is 9.36. The maximum atomic E-state index is 12.8. The van der Waals surface area contributed by atoms with E-state index < -0.39 is 0 Å². The smallest absolute Gasteiger partial charge is 0.280 e. The SMILES string of the molecule is CN1CCc2nc(C(=O)N[C@@H]3CNC[C@H]3NC(=O)c3cc4cc(Cl)ccc4[nH]3)sc2C1.Cl. The number of amides is 2. The number of likely N-dealkylation sites (N-methyl/N-ethyl adjacent to an activating group) is 1. The molecule has 2 aromatic heterocycles. The molecule has 0 bridgehead atoms. The number of hydrogen-bond donors (Lipinski definition) is 4. The number of aromatic nitrogens is 2. The zero-order chi connectivity index (χ0) is 21.5. The Balaban J connectivity index is 0.00000245. The third-order valence-electron chi connectivity index (χ3n) is 5.79. The maximum absolute atomic E-state index is 12.8. The van der Waals surface area contributed by atoms with Gasteiger partial charge in [-0.25, -0.2) is 4.98 Å². The van der Waals surface area contributed by atoms with E-state index in [9.17, 15) is 9.59 Å². The molecule has 2 aliphatic rings. The number of thiazole rings is 1. The minimum atomic E-state index is -0.216. The van der Waals surface area contributed by atoms with E-state index in [0.717, 1.165) is 41.0 Å². The minimum absolute atomic E-state index is 0. The van der Waals surface area contributed by atoms with Crippen molar-refractivity contribution in [2.45, 2.75) is 25.0 Å². The van der Waals surface area contributed by atoms with Gasteiger partial charge in [-0.3, -0.25) is 9.59 Å². The second-order valence-corrected chi connectivity index (χ2v) is 9.63. The fraction of sp³-hybridized carbons (Fsp3) is 0.381. The van der Waals surface area contributed by atoms with E-state index in [-0.39, 0.29) is 36.3 Å². The van der Waals surface area contributed by atoms with E-state index in [1.807, 2.05) is 12.1 Å². The highest BCUT2D eigenvalue weighted by Crippen LogP contribution is 2.25. The molecular formula is C21H24Cl2N6O2S. The molecule has 4 N–H and O–H groups in total. The predicted molar refractivity (Wildman–Crippen MR) is 128 cm³/mol. The molecule has 0 radical (unpaired) electrons. The van der Waals surface area contributed by atoms with E-state index >= 15 is 0 Å². The molecule has 0 aliphatic carbocycles.